The zero-order chi connectivity index (χ0) is 17.1. The Morgan fingerprint density at radius 3 is 2.72 bits per heavy atom. The molecule has 4 heteroatoms. The minimum atomic E-state index is 0.901. The van der Waals surface area contributed by atoms with E-state index in [4.69, 9.17) is 0 Å². The number of guanidine groups is 1. The molecule has 4 rings (SSSR count). The second kappa shape index (κ2) is 7.51. The van der Waals surface area contributed by atoms with E-state index in [2.05, 4.69) is 50.7 Å². The highest BCUT2D eigenvalue weighted by atomic mass is 15.3. The third-order valence-electron chi connectivity index (χ3n) is 6.07. The molecule has 2 heterocycles. The van der Waals surface area contributed by atoms with E-state index in [0.29, 0.717) is 0 Å². The quantitative estimate of drug-likeness (QED) is 0.506. The number of aromatic amines is 1. The second-order valence-electron chi connectivity index (χ2n) is 7.65. The Bertz CT molecular complexity index is 718. The average molecular weight is 338 g/mol. The molecule has 25 heavy (non-hydrogen) atoms. The molecular formula is C21H30N4. The van der Waals surface area contributed by atoms with E-state index in [1.807, 2.05) is 7.05 Å². The summed E-state index contributed by atoms with van der Waals surface area (Å²) in [6.07, 6.45) is 10.1. The standard InChI is InChI=1S/C21H30N4/c1-22-21(25-14-17-7-2-3-8-18(17)15-25)23-12-6-9-16-13-24-20-11-5-4-10-19(16)20/h4-5,10-11,13,17-18,24H,2-3,6-9,12,14-15H2,1H3,(H,22,23). The van der Waals surface area contributed by atoms with E-state index in [9.17, 15) is 0 Å². The normalized spacial score (nSPS) is 23.9. The predicted molar refractivity (Wildman–Crippen MR) is 105 cm³/mol. The van der Waals surface area contributed by atoms with E-state index < -0.39 is 0 Å². The van der Waals surface area contributed by atoms with Gasteiger partial charge in [0.1, 0.15) is 0 Å². The fourth-order valence-corrected chi connectivity index (χ4v) is 4.73. The van der Waals surface area contributed by atoms with Crippen LogP contribution in [0.5, 0.6) is 0 Å². The highest BCUT2D eigenvalue weighted by molar-refractivity contribution is 5.83. The molecule has 1 aromatic heterocycles. The molecule has 0 bridgehead atoms. The maximum atomic E-state index is 4.54. The number of fused-ring (bicyclic) bond motifs is 2. The van der Waals surface area contributed by atoms with Crippen LogP contribution in [0.2, 0.25) is 0 Å². The first-order valence-corrected chi connectivity index (χ1v) is 9.86. The number of rotatable bonds is 4. The van der Waals surface area contributed by atoms with Gasteiger partial charge in [-0.15, -0.1) is 0 Å². The lowest BCUT2D eigenvalue weighted by Gasteiger charge is -2.22. The van der Waals surface area contributed by atoms with Gasteiger partial charge in [0.15, 0.2) is 5.96 Å². The maximum absolute atomic E-state index is 4.54. The third kappa shape index (κ3) is 3.53. The lowest BCUT2D eigenvalue weighted by atomic mass is 9.82. The average Bonchev–Trinajstić information content (AvgIpc) is 3.26. The van der Waals surface area contributed by atoms with Crippen LogP contribution in [0.3, 0.4) is 0 Å². The van der Waals surface area contributed by atoms with Crippen LogP contribution in [0.4, 0.5) is 0 Å². The van der Waals surface area contributed by atoms with Gasteiger partial charge in [-0.05, 0) is 49.1 Å². The first kappa shape index (κ1) is 16.5. The van der Waals surface area contributed by atoms with Gasteiger partial charge in [-0.3, -0.25) is 4.99 Å². The summed E-state index contributed by atoms with van der Waals surface area (Å²) in [4.78, 5) is 10.4. The van der Waals surface area contributed by atoms with Crippen LogP contribution in [0.1, 0.15) is 37.7 Å². The highest BCUT2D eigenvalue weighted by Crippen LogP contribution is 2.35. The zero-order valence-corrected chi connectivity index (χ0v) is 15.3. The summed E-state index contributed by atoms with van der Waals surface area (Å²) < 4.78 is 0. The molecule has 1 aliphatic carbocycles. The van der Waals surface area contributed by atoms with Crippen molar-refractivity contribution in [2.24, 2.45) is 16.8 Å². The van der Waals surface area contributed by atoms with Crippen molar-refractivity contribution in [1.82, 2.24) is 15.2 Å². The summed E-state index contributed by atoms with van der Waals surface area (Å²) in [6.45, 7) is 3.39. The fraction of sp³-hybridized carbons (Fsp3) is 0.571. The number of benzene rings is 1. The minimum absolute atomic E-state index is 0.901. The monoisotopic (exact) mass is 338 g/mol. The van der Waals surface area contributed by atoms with Crippen molar-refractivity contribution < 1.29 is 0 Å². The number of likely N-dealkylation sites (tertiary alicyclic amines) is 1. The summed E-state index contributed by atoms with van der Waals surface area (Å²) in [7, 11) is 1.92. The van der Waals surface area contributed by atoms with Crippen LogP contribution in [-0.2, 0) is 6.42 Å². The number of aromatic nitrogens is 1. The van der Waals surface area contributed by atoms with Gasteiger partial charge in [0.25, 0.3) is 0 Å². The van der Waals surface area contributed by atoms with Crippen LogP contribution in [-0.4, -0.2) is 42.5 Å². The Morgan fingerprint density at radius 1 is 1.20 bits per heavy atom. The fourth-order valence-electron chi connectivity index (χ4n) is 4.73. The molecule has 1 aliphatic heterocycles. The van der Waals surface area contributed by atoms with E-state index in [1.54, 1.807) is 0 Å². The maximum Gasteiger partial charge on any atom is 0.193 e. The minimum Gasteiger partial charge on any atom is -0.361 e. The highest BCUT2D eigenvalue weighted by Gasteiger charge is 2.35. The molecule has 0 amide bonds. The molecule has 0 spiro atoms. The lowest BCUT2D eigenvalue weighted by Crippen LogP contribution is -2.40. The molecule has 0 radical (unpaired) electrons. The lowest BCUT2D eigenvalue weighted by molar-refractivity contribution is 0.299. The van der Waals surface area contributed by atoms with E-state index in [0.717, 1.165) is 37.2 Å². The first-order valence-electron chi connectivity index (χ1n) is 9.86. The summed E-state index contributed by atoms with van der Waals surface area (Å²) in [5.41, 5.74) is 2.65. The molecule has 2 aromatic rings. The Labute approximate surface area is 150 Å². The topological polar surface area (TPSA) is 43.4 Å². The van der Waals surface area contributed by atoms with Gasteiger partial charge >= 0.3 is 0 Å². The molecule has 2 atom stereocenters. The summed E-state index contributed by atoms with van der Waals surface area (Å²) in [5.74, 6) is 2.91. The Hall–Kier alpha value is -1.97. The molecule has 4 nitrogen and oxygen atoms in total. The van der Waals surface area contributed by atoms with Gasteiger partial charge in [-0.2, -0.15) is 0 Å². The number of para-hydroxylation sites is 1. The number of aryl methyl sites for hydroxylation is 1. The van der Waals surface area contributed by atoms with Gasteiger partial charge in [-0.25, -0.2) is 0 Å². The number of aliphatic imine (C=N–C) groups is 1. The van der Waals surface area contributed by atoms with Crippen molar-refractivity contribution in [2.45, 2.75) is 38.5 Å². The van der Waals surface area contributed by atoms with E-state index in [-0.39, 0.29) is 0 Å². The van der Waals surface area contributed by atoms with Crippen LogP contribution in [0.25, 0.3) is 10.9 Å². The van der Waals surface area contributed by atoms with Gasteiger partial charge in [-0.1, -0.05) is 31.0 Å². The van der Waals surface area contributed by atoms with Gasteiger partial charge in [0.05, 0.1) is 0 Å². The molecule has 1 saturated carbocycles. The Morgan fingerprint density at radius 2 is 1.96 bits per heavy atom. The van der Waals surface area contributed by atoms with Gasteiger partial charge < -0.3 is 15.2 Å². The van der Waals surface area contributed by atoms with E-state index >= 15 is 0 Å². The Kier molecular flexibility index (Phi) is 4.95. The van der Waals surface area contributed by atoms with Crippen LogP contribution >= 0.6 is 0 Å². The first-order chi connectivity index (χ1) is 12.3. The summed E-state index contributed by atoms with van der Waals surface area (Å²) >= 11 is 0. The number of nitrogens with one attached hydrogen (secondary N) is 2. The molecule has 1 aromatic carbocycles. The number of H-pyrrole nitrogens is 1. The molecular weight excluding hydrogens is 308 g/mol. The van der Waals surface area contributed by atoms with Crippen molar-refractivity contribution in [2.75, 3.05) is 26.7 Å². The molecule has 134 valence electrons. The Balaban J connectivity index is 1.27. The van der Waals surface area contributed by atoms with Crippen LogP contribution in [0, 0.1) is 11.8 Å². The number of nitrogens with zero attached hydrogens (tertiary/aromatic N) is 2. The third-order valence-corrected chi connectivity index (χ3v) is 6.07. The smallest absolute Gasteiger partial charge is 0.193 e. The predicted octanol–water partition coefficient (Wildman–Crippen LogP) is 3.80. The molecule has 2 aliphatic rings. The molecule has 2 unspecified atom stereocenters. The zero-order valence-electron chi connectivity index (χ0n) is 15.3. The molecule has 1 saturated heterocycles. The van der Waals surface area contributed by atoms with Crippen molar-refractivity contribution in [1.29, 1.82) is 0 Å². The largest absolute Gasteiger partial charge is 0.361 e. The van der Waals surface area contributed by atoms with Crippen LogP contribution < -0.4 is 5.32 Å². The summed E-state index contributed by atoms with van der Waals surface area (Å²) in [5, 5.41) is 4.95. The number of hydrogen-bond acceptors (Lipinski definition) is 1. The van der Waals surface area contributed by atoms with Gasteiger partial charge in [0, 0.05) is 43.8 Å². The van der Waals surface area contributed by atoms with Crippen molar-refractivity contribution in [3.05, 3.63) is 36.0 Å². The van der Waals surface area contributed by atoms with Crippen molar-refractivity contribution in [3.63, 3.8) is 0 Å². The molecule has 2 N–H and O–H groups in total. The van der Waals surface area contributed by atoms with E-state index in [1.165, 1.54) is 55.2 Å². The summed E-state index contributed by atoms with van der Waals surface area (Å²) in [6, 6.07) is 8.56. The van der Waals surface area contributed by atoms with Gasteiger partial charge in [0.2, 0.25) is 0 Å². The van der Waals surface area contributed by atoms with Crippen molar-refractivity contribution in [3.8, 4) is 0 Å². The van der Waals surface area contributed by atoms with Crippen molar-refractivity contribution >= 4 is 16.9 Å². The second-order valence-corrected chi connectivity index (χ2v) is 7.65. The van der Waals surface area contributed by atoms with Crippen LogP contribution in [0.15, 0.2) is 35.5 Å². The SMILES string of the molecule is CN=C(NCCCc1c[nH]c2ccccc12)N1CC2CCCCC2C1. The molecule has 2 fully saturated rings. The number of hydrogen-bond donors (Lipinski definition) is 2.